The van der Waals surface area contributed by atoms with Crippen LogP contribution in [0, 0.1) is 0 Å². The molecule has 0 saturated heterocycles. The van der Waals surface area contributed by atoms with Gasteiger partial charge < -0.3 is 28.8 Å². The van der Waals surface area contributed by atoms with Crippen LogP contribution in [0.15, 0.2) is 72.9 Å². The number of quaternary nitrogens is 1. The number of carbonyl (C=O) groups is 1. The number of nitrogens with zero attached hydrogens (tertiary/aromatic N) is 1. The van der Waals surface area contributed by atoms with Crippen molar-refractivity contribution in [2.75, 3.05) is 40.9 Å². The van der Waals surface area contributed by atoms with Crippen LogP contribution in [0.5, 0.6) is 0 Å². The third-order valence-electron chi connectivity index (χ3n) is 8.63. The summed E-state index contributed by atoms with van der Waals surface area (Å²) >= 11 is 0. The van der Waals surface area contributed by atoms with Crippen molar-refractivity contribution in [1.82, 2.24) is 5.32 Å². The normalized spacial score (nSPS) is 15.2. The minimum atomic E-state index is -4.61. The monoisotopic (exact) mass is 763 g/mol. The lowest BCUT2D eigenvalue weighted by molar-refractivity contribution is -0.870. The molecule has 0 saturated carbocycles. The van der Waals surface area contributed by atoms with Crippen molar-refractivity contribution >= 4 is 13.7 Å². The van der Waals surface area contributed by atoms with Crippen LogP contribution >= 0.6 is 7.82 Å². The molecule has 0 aliphatic rings. The standard InChI is InChI=1S/C44H79N2O6P/c1-6-8-10-12-14-16-18-20-21-22-23-24-26-27-29-31-33-35-37-43(47)42(41-52-53(49,50)51-40-39-46(3,4)5)45-44(48)38-36-34-32-30-28-25-19-17-15-13-11-9-7-2/h9,11,15,17,22-23,25,27-29,35,37,42-43,47H,6-8,10,12-14,16,18-21,24,26,30-34,36,38-41H2,1-5H3,(H-,45,48,49,50)/b11-9-,17-15-,23-22+,28-25-,29-27+,37-35+. The van der Waals surface area contributed by atoms with E-state index in [4.69, 9.17) is 9.05 Å². The molecule has 0 aromatic carbocycles. The number of aliphatic hydroxyl groups is 1. The molecule has 0 aliphatic heterocycles. The first-order valence-corrected chi connectivity index (χ1v) is 22.3. The molecule has 0 radical (unpaired) electrons. The highest BCUT2D eigenvalue weighted by atomic mass is 31.2. The van der Waals surface area contributed by atoms with Crippen LogP contribution in [0.2, 0.25) is 0 Å². The third kappa shape index (κ3) is 38.0. The van der Waals surface area contributed by atoms with Crippen molar-refractivity contribution in [3.63, 3.8) is 0 Å². The molecule has 0 aliphatic carbocycles. The molecule has 3 atom stereocenters. The summed E-state index contributed by atoms with van der Waals surface area (Å²) in [7, 11) is 1.20. The Labute approximate surface area is 325 Å². The molecule has 0 heterocycles. The number of phosphoric acid groups is 1. The van der Waals surface area contributed by atoms with Gasteiger partial charge in [-0.1, -0.05) is 138 Å². The first-order valence-electron chi connectivity index (χ1n) is 20.8. The van der Waals surface area contributed by atoms with Crippen LogP contribution in [-0.2, 0) is 18.4 Å². The molecule has 306 valence electrons. The molecule has 3 unspecified atom stereocenters. The van der Waals surface area contributed by atoms with E-state index < -0.39 is 26.6 Å². The zero-order valence-corrected chi connectivity index (χ0v) is 35.3. The molecule has 0 aromatic heterocycles. The minimum absolute atomic E-state index is 0.0184. The molecular formula is C44H79N2O6P. The average Bonchev–Trinajstić information content (AvgIpc) is 3.10. The van der Waals surface area contributed by atoms with E-state index in [1.165, 1.54) is 57.8 Å². The lowest BCUT2D eigenvalue weighted by Gasteiger charge is -2.29. The molecule has 0 aromatic rings. The Balaban J connectivity index is 4.62. The van der Waals surface area contributed by atoms with Gasteiger partial charge in [0.25, 0.3) is 7.82 Å². The first kappa shape index (κ1) is 50.9. The van der Waals surface area contributed by atoms with Crippen LogP contribution < -0.4 is 10.2 Å². The largest absolute Gasteiger partial charge is 0.756 e. The molecule has 0 bridgehead atoms. The Morgan fingerprint density at radius 3 is 1.75 bits per heavy atom. The van der Waals surface area contributed by atoms with Crippen molar-refractivity contribution in [2.45, 2.75) is 161 Å². The number of rotatable bonds is 36. The van der Waals surface area contributed by atoms with Gasteiger partial charge in [0, 0.05) is 6.42 Å². The second-order valence-corrected chi connectivity index (χ2v) is 16.3. The Hall–Kier alpha value is -2.06. The fraction of sp³-hybridized carbons (Fsp3) is 0.705. The number of aliphatic hydroxyl groups excluding tert-OH is 1. The number of allylic oxidation sites excluding steroid dienone is 11. The number of amides is 1. The highest BCUT2D eigenvalue weighted by molar-refractivity contribution is 7.45. The molecule has 0 rings (SSSR count). The maximum Gasteiger partial charge on any atom is 0.268 e. The Morgan fingerprint density at radius 2 is 1.17 bits per heavy atom. The lowest BCUT2D eigenvalue weighted by atomic mass is 10.1. The molecule has 0 fully saturated rings. The van der Waals surface area contributed by atoms with E-state index in [1.807, 2.05) is 27.2 Å². The van der Waals surface area contributed by atoms with E-state index in [0.29, 0.717) is 23.9 Å². The number of phosphoric ester groups is 1. The van der Waals surface area contributed by atoms with Crippen LogP contribution in [0.3, 0.4) is 0 Å². The van der Waals surface area contributed by atoms with Gasteiger partial charge in [-0.25, -0.2) is 0 Å². The lowest BCUT2D eigenvalue weighted by Crippen LogP contribution is -2.45. The first-order chi connectivity index (χ1) is 25.5. The Bertz CT molecular complexity index is 1090. The van der Waals surface area contributed by atoms with Gasteiger partial charge in [0.15, 0.2) is 0 Å². The summed E-state index contributed by atoms with van der Waals surface area (Å²) in [5.41, 5.74) is 0. The summed E-state index contributed by atoms with van der Waals surface area (Å²) in [6, 6.07) is -0.926. The highest BCUT2D eigenvalue weighted by Gasteiger charge is 2.23. The Kier molecular flexibility index (Phi) is 34.2. The van der Waals surface area contributed by atoms with Gasteiger partial charge in [-0.15, -0.1) is 0 Å². The highest BCUT2D eigenvalue weighted by Crippen LogP contribution is 2.38. The van der Waals surface area contributed by atoms with E-state index in [0.717, 1.165) is 64.2 Å². The fourth-order valence-corrected chi connectivity index (χ4v) is 6.04. The van der Waals surface area contributed by atoms with Gasteiger partial charge in [0.2, 0.25) is 5.91 Å². The molecule has 8 nitrogen and oxygen atoms in total. The summed E-state index contributed by atoms with van der Waals surface area (Å²) in [6.45, 7) is 4.44. The molecule has 2 N–H and O–H groups in total. The topological polar surface area (TPSA) is 108 Å². The third-order valence-corrected chi connectivity index (χ3v) is 9.59. The predicted molar refractivity (Wildman–Crippen MR) is 223 cm³/mol. The predicted octanol–water partition coefficient (Wildman–Crippen LogP) is 10.6. The fourth-order valence-electron chi connectivity index (χ4n) is 5.31. The van der Waals surface area contributed by atoms with E-state index >= 15 is 0 Å². The summed E-state index contributed by atoms with van der Waals surface area (Å²) in [4.78, 5) is 25.2. The number of hydrogen-bond donors (Lipinski definition) is 2. The molecule has 1 amide bonds. The van der Waals surface area contributed by atoms with E-state index in [2.05, 4.69) is 79.9 Å². The van der Waals surface area contributed by atoms with Gasteiger partial charge in [0.1, 0.15) is 13.2 Å². The number of carbonyl (C=O) groups excluding carboxylic acids is 1. The van der Waals surface area contributed by atoms with Crippen molar-refractivity contribution in [3.05, 3.63) is 72.9 Å². The maximum atomic E-state index is 12.8. The summed E-state index contributed by atoms with van der Waals surface area (Å²) < 4.78 is 23.1. The number of unbranched alkanes of at least 4 members (excludes halogenated alkanes) is 13. The summed E-state index contributed by atoms with van der Waals surface area (Å²) in [6.07, 6.45) is 46.7. The second-order valence-electron chi connectivity index (χ2n) is 14.9. The molecule has 0 spiro atoms. The van der Waals surface area contributed by atoms with Crippen molar-refractivity contribution in [1.29, 1.82) is 0 Å². The van der Waals surface area contributed by atoms with Gasteiger partial charge in [0.05, 0.1) is 39.9 Å². The zero-order valence-electron chi connectivity index (χ0n) is 34.4. The molecule has 9 heteroatoms. The van der Waals surface area contributed by atoms with Crippen LogP contribution in [0.4, 0.5) is 0 Å². The second kappa shape index (κ2) is 35.6. The van der Waals surface area contributed by atoms with Crippen LogP contribution in [-0.4, -0.2) is 68.5 Å². The summed E-state index contributed by atoms with van der Waals surface area (Å²) in [5.74, 6) is -0.245. The molecule has 53 heavy (non-hydrogen) atoms. The summed E-state index contributed by atoms with van der Waals surface area (Å²) in [5, 5.41) is 13.7. The smallest absolute Gasteiger partial charge is 0.268 e. The van der Waals surface area contributed by atoms with E-state index in [1.54, 1.807) is 6.08 Å². The van der Waals surface area contributed by atoms with Gasteiger partial charge in [-0.2, -0.15) is 0 Å². The molecular weight excluding hydrogens is 683 g/mol. The average molecular weight is 763 g/mol. The number of hydrogen-bond acceptors (Lipinski definition) is 6. The zero-order chi connectivity index (χ0) is 39.3. The quantitative estimate of drug-likeness (QED) is 0.0285. The van der Waals surface area contributed by atoms with Crippen LogP contribution in [0.25, 0.3) is 0 Å². The van der Waals surface area contributed by atoms with E-state index in [-0.39, 0.29) is 12.5 Å². The van der Waals surface area contributed by atoms with Gasteiger partial charge in [-0.05, 0) is 77.0 Å². The number of likely N-dealkylation sites (N-methyl/N-ethyl adjacent to an activating group) is 1. The van der Waals surface area contributed by atoms with Gasteiger partial charge in [-0.3, -0.25) is 9.36 Å². The van der Waals surface area contributed by atoms with Crippen molar-refractivity contribution in [2.24, 2.45) is 0 Å². The van der Waals surface area contributed by atoms with E-state index in [9.17, 15) is 19.4 Å². The number of nitrogens with one attached hydrogen (secondary N) is 1. The van der Waals surface area contributed by atoms with Crippen LogP contribution in [0.1, 0.15) is 149 Å². The van der Waals surface area contributed by atoms with Gasteiger partial charge >= 0.3 is 0 Å². The van der Waals surface area contributed by atoms with Crippen molar-refractivity contribution in [3.8, 4) is 0 Å². The SMILES string of the molecule is CC/C=C\C/C=C\C/C=C\CCCCCC(=O)NC(COP(=O)([O-])OCC[N+](C)(C)C)C(O)/C=C/CC/C=C/CC/C=C/CCCCCCCCCC. The minimum Gasteiger partial charge on any atom is -0.756 e. The maximum absolute atomic E-state index is 12.8. The van der Waals surface area contributed by atoms with Crippen molar-refractivity contribution < 1.29 is 32.9 Å². The Morgan fingerprint density at radius 1 is 0.679 bits per heavy atom.